The Bertz CT molecular complexity index is 5190. The fraction of sp³-hybridized carbons (Fsp3) is 0.517. The number of urea groups is 1. The van der Waals surface area contributed by atoms with Crippen molar-refractivity contribution >= 4 is 157 Å². The summed E-state index contributed by atoms with van der Waals surface area (Å²) in [5.41, 5.74) is 46.8. The number of primary amides is 1. The van der Waals surface area contributed by atoms with Crippen molar-refractivity contribution in [2.45, 2.75) is 226 Å². The summed E-state index contributed by atoms with van der Waals surface area (Å²) in [5.74, 6) is -19.5. The number of guanidine groups is 5. The maximum atomic E-state index is 15.9. The van der Waals surface area contributed by atoms with E-state index in [9.17, 15) is 80.5 Å². The Balaban J connectivity index is 1.73. The number of unbranched alkanes of at least 4 members (excludes halogenated alkanes) is 1. The van der Waals surface area contributed by atoms with Crippen LogP contribution in [0.25, 0.3) is 10.8 Å². The maximum Gasteiger partial charge on any atom is 0.326 e. The molecule has 784 valence electrons. The molecule has 0 spiro atoms. The number of aliphatic imine (C=N–C) groups is 8. The number of phenolic OH excluding ortho intramolecular Hbond substituents is 2. The Morgan fingerprint density at radius 3 is 1.34 bits per heavy atom. The Morgan fingerprint density at radius 2 is 0.846 bits per heavy atom. The number of hydrogen-bond acceptors (Lipinski definition) is 27. The first-order chi connectivity index (χ1) is 68.1. The van der Waals surface area contributed by atoms with Gasteiger partial charge in [0, 0.05) is 83.0 Å². The molecule has 2 heterocycles. The number of benzene rings is 4. The van der Waals surface area contributed by atoms with Crippen LogP contribution in [0, 0.1) is 27.0 Å². The molecule has 14 atom stereocenters. The summed E-state index contributed by atoms with van der Waals surface area (Å²) in [6.45, 7) is -0.259. The van der Waals surface area contributed by atoms with Gasteiger partial charge in [0.2, 0.25) is 76.7 Å². The first kappa shape index (κ1) is 117. The van der Waals surface area contributed by atoms with E-state index in [4.69, 9.17) is 72.9 Å². The van der Waals surface area contributed by atoms with Gasteiger partial charge < -0.3 is 165 Å². The number of hydrogen-bond donors (Lipinski definition) is 35. The van der Waals surface area contributed by atoms with Crippen LogP contribution in [-0.2, 0) is 52.8 Å². The van der Waals surface area contributed by atoms with Gasteiger partial charge in [-0.2, -0.15) is 0 Å². The van der Waals surface area contributed by atoms with E-state index in [1.165, 1.54) is 53.4 Å². The number of aliphatic hydroxyl groups excluding tert-OH is 8. The van der Waals surface area contributed by atoms with Crippen molar-refractivity contribution in [2.75, 3.05) is 63.9 Å². The topological polar surface area (TPSA) is 929 Å². The van der Waals surface area contributed by atoms with Crippen molar-refractivity contribution in [3.05, 3.63) is 108 Å². The highest BCUT2D eigenvalue weighted by Gasteiger charge is 2.40. The molecule has 4 aromatic carbocycles. The van der Waals surface area contributed by atoms with E-state index in [0.717, 1.165) is 27.0 Å². The van der Waals surface area contributed by atoms with Crippen LogP contribution in [-0.4, -0.2) is 339 Å². The second kappa shape index (κ2) is 61.6. The zero-order chi connectivity index (χ0) is 105. The van der Waals surface area contributed by atoms with Gasteiger partial charge >= 0.3 is 18.0 Å². The summed E-state index contributed by atoms with van der Waals surface area (Å²) >= 11 is 0. The second-order valence-electron chi connectivity index (χ2n) is 33.7. The molecule has 0 saturated carbocycles. The Hall–Kier alpha value is -15.0. The van der Waals surface area contributed by atoms with Gasteiger partial charge in [0.05, 0.1) is 6.04 Å². The molecule has 4 aromatic rings. The third-order valence-electron chi connectivity index (χ3n) is 22.3. The summed E-state index contributed by atoms with van der Waals surface area (Å²) in [7, 11) is 1.48. The zero-order valence-corrected chi connectivity index (χ0v) is 80.6. The number of amides is 7. The number of aromatic hydroxyl groups is 2. The number of phenols is 2. The van der Waals surface area contributed by atoms with Crippen molar-refractivity contribution in [1.82, 2.24) is 58.1 Å². The van der Waals surface area contributed by atoms with E-state index in [-0.39, 0.29) is 191 Å². The van der Waals surface area contributed by atoms with Gasteiger partial charge in [-0.05, 0) is 174 Å². The first-order valence-corrected chi connectivity index (χ1v) is 48.8. The molecule has 43 N–H and O–H groups in total. The van der Waals surface area contributed by atoms with Gasteiger partial charge in [0.15, 0.2) is 29.8 Å². The number of carbonyl (C=O) groups excluding carboxylic acids is 6. The van der Waals surface area contributed by atoms with E-state index in [2.05, 4.69) is 93.1 Å². The van der Waals surface area contributed by atoms with E-state index in [1.54, 1.807) is 36.4 Å². The van der Waals surface area contributed by atoms with E-state index < -0.39 is 234 Å². The Morgan fingerprint density at radius 1 is 0.427 bits per heavy atom. The number of carbonyl (C=O) groups is 8. The standard InChI is InChI=1S/C89H136N32O20S2/c90-34-4-3-15-61-82(138)121-41-11-21-68(121)81(137)118-64(44-49-25-30-54(123)31-26-49)77(133)112-57(17-7-37-105-86(96)97)71(127)110-59(19-9-40-108-89(102)141)74(130)119-66(79(135)115-62(83(139)140)20-10-39-107-88(100)101)46-142-143-47-67(80(136)117-63(43-48-23-28-53(122)29-24-48)76(132)111-58(18-8-38-106-87(98)99)72(128)113-60(75(131)114-61)32-33-69(124)125)120-78(134)65(45-50-22-27-51-12-1-2-13-52(51)42-50)116-73(129)56(16-6-36-104-85(94)95)109-70(126)55(91)14-5-35-103-84(92)93/h1-2,12-13,22-31,42,55-68,122-123H,3-11,14-21,32-41,43-47,90-91H2,(H,109,126)(H,110,127)(H,111,132)(H,112,133)(H,113,128)(H,114,131)(H,115,135)(H,116,129)(H,117,136)(H,118,137)(H,119,130)(H,120,134)(H,124,125)(H,139,140)(H4,92,93,103)(H4,94,95,104)(H4,96,97,105)(H4,98,99,106)(H4,100,101,107)(H3,102,108,141)/t55-,56+,57-,58?,59-,60?,61?,62-,63-,64-,65-,66-,67?,68+/m1/s1. The minimum atomic E-state index is -1.93. The highest BCUT2D eigenvalue weighted by Crippen LogP contribution is 2.29. The van der Waals surface area contributed by atoms with Crippen LogP contribution >= 0.6 is 21.6 Å². The van der Waals surface area contributed by atoms with Crippen molar-refractivity contribution in [3.8, 4) is 11.5 Å². The van der Waals surface area contributed by atoms with Gasteiger partial charge in [0.25, 0.3) is 0 Å². The van der Waals surface area contributed by atoms with Crippen molar-refractivity contribution in [3.63, 3.8) is 0 Å². The Labute approximate surface area is 832 Å². The van der Waals surface area contributed by atoms with Crippen molar-refractivity contribution < 1.29 is 99.6 Å². The predicted octanol–water partition coefficient (Wildman–Crippen LogP) is 0.375. The minimum absolute atomic E-state index is 0.0102. The van der Waals surface area contributed by atoms with E-state index in [1.807, 2.05) is 6.07 Å². The SMILES string of the molecule is N=C(N)NCCCC1N=C(O)[C@@H](Cc2ccc(O)cc2)N=C(O)C(NC(=O)[C@@H](Cc2ccc3ccccc3c2)NC(=O)[C@H](CCCNC(=N)N)NC(=O)[C@H](N)CCCNC(=N)N)CSSC[C@H](C(=O)N[C@H](CCCNC(=N)N)C(=O)O)N=C(O)[C@@H](CCCNC(N)=O)N=C(O)[C@@H](CCCNC(=N)N)N=C(O)[C@@H](Cc2ccc(O)cc2)N=C(O)[C@@H]2CCCN2C(=O)C(CCCCN)N=C(O)C(CCC(=O)O)N=C1O. The number of carboxylic acids is 2. The predicted molar refractivity (Wildman–Crippen MR) is 547 cm³/mol. The molecule has 2 aliphatic heterocycles. The third-order valence-corrected chi connectivity index (χ3v) is 24.7. The average Bonchev–Trinajstić information content (AvgIpc) is 1.75. The van der Waals surface area contributed by atoms with Gasteiger partial charge in [-0.1, -0.05) is 88.3 Å². The fourth-order valence-electron chi connectivity index (χ4n) is 14.8. The third kappa shape index (κ3) is 43.3. The number of nitrogens with zero attached hydrogens (tertiary/aromatic N) is 9. The Kier molecular flexibility index (Phi) is 50.3. The molecule has 143 heavy (non-hydrogen) atoms. The number of nitrogens with one attached hydrogen (secondary N) is 15. The van der Waals surface area contributed by atoms with Gasteiger partial charge in [-0.25, -0.2) is 49.5 Å². The number of aliphatic hydroxyl groups is 8. The number of nitrogens with two attached hydrogens (primary N) is 8. The summed E-state index contributed by atoms with van der Waals surface area (Å²) in [6.07, 6.45) is -3.50. The molecular formula is C89H136N32O20S2. The van der Waals surface area contributed by atoms with Crippen LogP contribution in [0.1, 0.15) is 139 Å². The van der Waals surface area contributed by atoms with Gasteiger partial charge in [-0.3, -0.25) is 55.8 Å². The molecule has 0 aromatic heterocycles. The van der Waals surface area contributed by atoms with Crippen LogP contribution in [0.2, 0.25) is 0 Å². The van der Waals surface area contributed by atoms with Crippen LogP contribution in [0.4, 0.5) is 4.79 Å². The molecule has 2 aliphatic rings. The maximum absolute atomic E-state index is 15.9. The molecule has 0 aliphatic carbocycles. The van der Waals surface area contributed by atoms with Crippen LogP contribution in [0.5, 0.6) is 11.5 Å². The highest BCUT2D eigenvalue weighted by atomic mass is 33.1. The molecule has 52 nitrogen and oxygen atoms in total. The van der Waals surface area contributed by atoms with Gasteiger partial charge in [0.1, 0.15) is 90.0 Å². The van der Waals surface area contributed by atoms with Crippen LogP contribution < -0.4 is 99.0 Å². The lowest BCUT2D eigenvalue weighted by molar-refractivity contribution is -0.142. The van der Waals surface area contributed by atoms with E-state index in [0.29, 0.717) is 22.9 Å². The second-order valence-corrected chi connectivity index (χ2v) is 36.2. The smallest absolute Gasteiger partial charge is 0.326 e. The average molecular weight is 2040 g/mol. The van der Waals surface area contributed by atoms with Crippen molar-refractivity contribution in [2.24, 2.45) is 85.8 Å². The largest absolute Gasteiger partial charge is 0.508 e. The monoisotopic (exact) mass is 2040 g/mol. The molecule has 0 radical (unpaired) electrons. The number of carboxylic acid groups (broad SMARTS) is 2. The lowest BCUT2D eigenvalue weighted by Gasteiger charge is -2.27. The molecule has 1 saturated heterocycles. The normalized spacial score (nSPS) is 20.2. The molecule has 54 heteroatoms. The van der Waals surface area contributed by atoms with Gasteiger partial charge in [-0.15, -0.1) is 0 Å². The highest BCUT2D eigenvalue weighted by molar-refractivity contribution is 8.76. The minimum Gasteiger partial charge on any atom is -0.508 e. The summed E-state index contributed by atoms with van der Waals surface area (Å²) < 4.78 is 0. The molecule has 6 rings (SSSR count). The number of aliphatic carboxylic acids is 2. The fourth-order valence-corrected chi connectivity index (χ4v) is 17.1. The molecule has 4 unspecified atom stereocenters. The molecule has 0 bridgehead atoms. The molecule has 1 fully saturated rings. The zero-order valence-electron chi connectivity index (χ0n) is 79.0. The summed E-state index contributed by atoms with van der Waals surface area (Å²) in [4.78, 5) is 151. The lowest BCUT2D eigenvalue weighted by Crippen LogP contribution is -2.58. The van der Waals surface area contributed by atoms with E-state index >= 15 is 19.2 Å². The summed E-state index contributed by atoms with van der Waals surface area (Å²) in [5, 5.41) is 209. The quantitative estimate of drug-likeness (QED) is 0.0123. The lowest BCUT2D eigenvalue weighted by atomic mass is 10.00. The van der Waals surface area contributed by atoms with Crippen LogP contribution in [0.15, 0.2) is 131 Å². The number of rotatable bonds is 46. The van der Waals surface area contributed by atoms with Crippen molar-refractivity contribution in [1.29, 1.82) is 27.0 Å². The first-order valence-electron chi connectivity index (χ1n) is 46.3. The van der Waals surface area contributed by atoms with Crippen LogP contribution in [0.3, 0.4) is 0 Å². The molecular weight excluding hydrogens is 1900 g/mol. The number of fused-ring (bicyclic) bond motifs is 2. The summed E-state index contributed by atoms with van der Waals surface area (Å²) in [6, 6.07) is -1.25. The molecule has 7 amide bonds.